The number of para-hydroxylation sites is 2. The fourth-order valence-electron chi connectivity index (χ4n) is 7.94. The minimum atomic E-state index is -0.0331. The summed E-state index contributed by atoms with van der Waals surface area (Å²) in [6.07, 6.45) is 1.92. The third-order valence-corrected chi connectivity index (χ3v) is 11.4. The molecule has 0 atom stereocenters. The normalized spacial score (nSPS) is 13.2. The summed E-state index contributed by atoms with van der Waals surface area (Å²) in [6, 6.07) is 54.7. The van der Waals surface area contributed by atoms with Crippen LogP contribution in [0.25, 0.3) is 38.8 Å². The molecule has 6 heteroatoms. The molecule has 1 aliphatic heterocycles. The van der Waals surface area contributed by atoms with Crippen LogP contribution >= 0.6 is 0 Å². The van der Waals surface area contributed by atoms with E-state index in [0.29, 0.717) is 11.5 Å². The number of benzene rings is 6. The topological polar surface area (TPSA) is 33.5 Å². The second kappa shape index (κ2) is 15.4. The fraction of sp³-hybridized carbons (Fsp3) is 0.222. The van der Waals surface area contributed by atoms with Crippen LogP contribution in [0.5, 0.6) is 11.5 Å². The first-order valence-electron chi connectivity index (χ1n) is 20.5. The third kappa shape index (κ3) is 7.77. The molecule has 0 saturated carbocycles. The first-order chi connectivity index (χ1) is 28.1. The second-order valence-electron chi connectivity index (χ2n) is 18.8. The minimum Gasteiger partial charge on any atom is -0.509 e. The number of aromatic nitrogens is 2. The Bertz CT molecular complexity index is 2860. The van der Waals surface area contributed by atoms with E-state index in [1.165, 1.54) is 27.8 Å². The molecule has 3 heterocycles. The molecule has 0 radical (unpaired) electrons. The summed E-state index contributed by atoms with van der Waals surface area (Å²) in [5.41, 5.74) is 12.3. The molecule has 2 aromatic heterocycles. The van der Waals surface area contributed by atoms with Crippen molar-refractivity contribution in [3.8, 4) is 28.4 Å². The molecular weight excluding hydrogens is 916 g/mol. The van der Waals surface area contributed by atoms with Crippen LogP contribution in [0.15, 0.2) is 140 Å². The van der Waals surface area contributed by atoms with Gasteiger partial charge < -0.3 is 19.1 Å². The summed E-state index contributed by atoms with van der Waals surface area (Å²) in [7, 11) is 0. The van der Waals surface area contributed by atoms with Gasteiger partial charge in [0, 0.05) is 61.3 Å². The molecule has 9 rings (SSSR count). The van der Waals surface area contributed by atoms with Crippen LogP contribution in [0.1, 0.15) is 79.0 Å². The van der Waals surface area contributed by atoms with Crippen molar-refractivity contribution in [2.45, 2.75) is 78.6 Å². The molecule has 0 N–H and O–H groups in total. The van der Waals surface area contributed by atoms with E-state index in [1.807, 2.05) is 24.4 Å². The molecule has 60 heavy (non-hydrogen) atoms. The Labute approximate surface area is 369 Å². The molecule has 1 aliphatic rings. The van der Waals surface area contributed by atoms with Crippen molar-refractivity contribution < 1.29 is 25.8 Å². The molecule has 5 nitrogen and oxygen atoms in total. The minimum absolute atomic E-state index is 0. The van der Waals surface area contributed by atoms with Crippen molar-refractivity contribution in [3.63, 3.8) is 0 Å². The number of rotatable bonds is 6. The van der Waals surface area contributed by atoms with E-state index in [0.717, 1.165) is 50.4 Å². The number of pyridine rings is 1. The number of hydrogen-bond acceptors (Lipinski definition) is 4. The quantitative estimate of drug-likeness (QED) is 0.156. The molecule has 0 unspecified atom stereocenters. The fourth-order valence-corrected chi connectivity index (χ4v) is 7.94. The first kappa shape index (κ1) is 41.1. The Morgan fingerprint density at radius 2 is 1.18 bits per heavy atom. The van der Waals surface area contributed by atoms with Crippen molar-refractivity contribution in [2.75, 3.05) is 9.80 Å². The molecule has 0 amide bonds. The van der Waals surface area contributed by atoms with Crippen LogP contribution in [-0.2, 0) is 37.3 Å². The molecule has 0 bridgehead atoms. The van der Waals surface area contributed by atoms with Gasteiger partial charge in [-0.25, -0.2) is 4.98 Å². The summed E-state index contributed by atoms with van der Waals surface area (Å²) in [5.74, 6) is 2.08. The largest absolute Gasteiger partial charge is 0.509 e. The van der Waals surface area contributed by atoms with E-state index in [-0.39, 0.29) is 37.3 Å². The summed E-state index contributed by atoms with van der Waals surface area (Å²) >= 11 is 0. The number of nitrogens with zero attached hydrogens (tertiary/aromatic N) is 4. The predicted octanol–water partition coefficient (Wildman–Crippen LogP) is 14.5. The third-order valence-electron chi connectivity index (χ3n) is 11.4. The van der Waals surface area contributed by atoms with Gasteiger partial charge in [-0.3, -0.25) is 0 Å². The summed E-state index contributed by atoms with van der Waals surface area (Å²) in [6.45, 7) is 22.5. The average molecular weight is 967 g/mol. The van der Waals surface area contributed by atoms with Gasteiger partial charge in [0.25, 0.3) is 0 Å². The zero-order valence-corrected chi connectivity index (χ0v) is 38.1. The van der Waals surface area contributed by atoms with Crippen LogP contribution in [0.3, 0.4) is 0 Å². The molecule has 0 saturated heterocycles. The van der Waals surface area contributed by atoms with Crippen molar-refractivity contribution >= 4 is 44.6 Å². The van der Waals surface area contributed by atoms with Gasteiger partial charge in [-0.2, -0.15) is 12.1 Å². The van der Waals surface area contributed by atoms with Crippen molar-refractivity contribution in [3.05, 3.63) is 175 Å². The van der Waals surface area contributed by atoms with Gasteiger partial charge in [0.05, 0.1) is 0 Å². The van der Waals surface area contributed by atoms with Gasteiger partial charge in [0.15, 0.2) is 0 Å². The molecular formula is C54H51N4OPt-3. The summed E-state index contributed by atoms with van der Waals surface area (Å²) < 4.78 is 8.89. The molecule has 8 aromatic rings. The van der Waals surface area contributed by atoms with E-state index in [9.17, 15) is 0 Å². The standard InChI is InChI=1S/C54H51N4O.Pt/c1-52(2,3)38-22-24-45-46-25-23-44(34-50(46)58(49(45)31-38)51-32-39(26-27-55-51)53(4,5)6)59-43-19-15-18-41(33-43)56-35-57(48-21-14-13-20-47(48)56)42-29-37(36-16-11-10-12-17-36)28-40(30-42)54(7,8)9;/h10-32,35H,1-9H3;/q-3;. The number of fused-ring (bicyclic) bond motifs is 4. The monoisotopic (exact) mass is 966 g/mol. The average Bonchev–Trinajstić information content (AvgIpc) is 3.76. The Kier molecular flexibility index (Phi) is 10.6. The van der Waals surface area contributed by atoms with Crippen LogP contribution in [0, 0.1) is 18.8 Å². The Morgan fingerprint density at radius 3 is 1.90 bits per heavy atom. The maximum atomic E-state index is 6.65. The van der Waals surface area contributed by atoms with Crippen molar-refractivity contribution in [1.29, 1.82) is 0 Å². The Morgan fingerprint density at radius 1 is 0.533 bits per heavy atom. The van der Waals surface area contributed by atoms with E-state index >= 15 is 0 Å². The molecule has 306 valence electrons. The maximum Gasteiger partial charge on any atom is 0.135 e. The van der Waals surface area contributed by atoms with Crippen molar-refractivity contribution in [1.82, 2.24) is 9.55 Å². The summed E-state index contributed by atoms with van der Waals surface area (Å²) in [5, 5.41) is 2.26. The van der Waals surface area contributed by atoms with Gasteiger partial charge in [0.1, 0.15) is 5.82 Å². The maximum absolute atomic E-state index is 6.65. The van der Waals surface area contributed by atoms with Crippen molar-refractivity contribution in [2.24, 2.45) is 0 Å². The SMILES string of the molecule is CC(C)(C)c1cc(-c2ccccc2)cc(N2[CH-]N(c3[c-]c(Oc4[c-]c5c(cc4)c4ccc(C(C)(C)C)cc4n5-c4cc(C(C)(C)C)ccn4)ccc3)c3ccccc32)c1.[Pt]. The zero-order chi connectivity index (χ0) is 41.3. The zero-order valence-electron chi connectivity index (χ0n) is 35.9. The molecule has 0 fully saturated rings. The van der Waals surface area contributed by atoms with E-state index in [2.05, 4.69) is 211 Å². The van der Waals surface area contributed by atoms with Crippen LogP contribution in [0.2, 0.25) is 0 Å². The van der Waals surface area contributed by atoms with E-state index in [4.69, 9.17) is 9.72 Å². The number of ether oxygens (including phenoxy) is 1. The number of anilines is 4. The Balaban J connectivity index is 0.00000499. The van der Waals surface area contributed by atoms with E-state index in [1.54, 1.807) is 0 Å². The van der Waals surface area contributed by atoms with Gasteiger partial charge in [-0.1, -0.05) is 128 Å². The second-order valence-corrected chi connectivity index (χ2v) is 18.8. The predicted molar refractivity (Wildman–Crippen MR) is 246 cm³/mol. The van der Waals surface area contributed by atoms with Gasteiger partial charge in [-0.05, 0) is 91.9 Å². The van der Waals surface area contributed by atoms with Crippen LogP contribution < -0.4 is 14.5 Å². The first-order valence-corrected chi connectivity index (χ1v) is 20.5. The molecule has 6 aromatic carbocycles. The molecule has 0 spiro atoms. The smallest absolute Gasteiger partial charge is 0.135 e. The van der Waals surface area contributed by atoms with Gasteiger partial charge >= 0.3 is 0 Å². The van der Waals surface area contributed by atoms with Gasteiger partial charge in [0.2, 0.25) is 0 Å². The summed E-state index contributed by atoms with van der Waals surface area (Å²) in [4.78, 5) is 9.40. The van der Waals surface area contributed by atoms with E-state index < -0.39 is 0 Å². The van der Waals surface area contributed by atoms with Crippen LogP contribution in [-0.4, -0.2) is 9.55 Å². The van der Waals surface area contributed by atoms with Gasteiger partial charge in [-0.15, -0.1) is 48.1 Å². The molecule has 0 aliphatic carbocycles. The Hall–Kier alpha value is -5.64. The van der Waals surface area contributed by atoms with Crippen LogP contribution in [0.4, 0.5) is 22.7 Å². The number of hydrogen-bond donors (Lipinski definition) is 0.